The normalized spacial score (nSPS) is 36.4. The Kier molecular flexibility index (Phi) is 6.08. The molecule has 2 aliphatic carbocycles. The van der Waals surface area contributed by atoms with Crippen molar-refractivity contribution in [2.75, 3.05) is 26.7 Å². The highest BCUT2D eigenvalue weighted by atomic mass is 15.2. The molecule has 6 bridgehead atoms. The van der Waals surface area contributed by atoms with Crippen LogP contribution >= 0.6 is 0 Å². The van der Waals surface area contributed by atoms with Crippen molar-refractivity contribution in [3.63, 3.8) is 0 Å². The van der Waals surface area contributed by atoms with Crippen LogP contribution in [-0.4, -0.2) is 58.5 Å². The standard InChI is InChI=1S/C39H48N4/c1-5-24-15-23-16-33-37-29(13-14-43(20-23)39(24)33)28-12-11-26(17-35(28)41-37)31-18-30-22(3)36(42(4)21-25(30)6-2)19-32-27-9-7-8-10-34(27)40-38(31)32/h6-12,17,22-24,30-31,33,36,39-41H,5,13-16,18-21H2,1-4H3. The number of likely N-dealkylation sites (N-methyl/N-ethyl adjacent to an activating group) is 1. The first-order chi connectivity index (χ1) is 21.0. The van der Waals surface area contributed by atoms with Gasteiger partial charge in [-0.15, -0.1) is 0 Å². The number of para-hydroxylation sites is 1. The summed E-state index contributed by atoms with van der Waals surface area (Å²) >= 11 is 0. The molecule has 9 atom stereocenters. The van der Waals surface area contributed by atoms with Gasteiger partial charge in [0.1, 0.15) is 0 Å². The number of benzene rings is 2. The van der Waals surface area contributed by atoms with Gasteiger partial charge in [-0.25, -0.2) is 0 Å². The van der Waals surface area contributed by atoms with Crippen molar-refractivity contribution < 1.29 is 0 Å². The highest BCUT2D eigenvalue weighted by molar-refractivity contribution is 5.87. The fourth-order valence-corrected chi connectivity index (χ4v) is 11.1. The minimum atomic E-state index is 0.368. The first-order valence-electron chi connectivity index (χ1n) is 17.4. The van der Waals surface area contributed by atoms with E-state index in [1.54, 1.807) is 22.4 Å². The summed E-state index contributed by atoms with van der Waals surface area (Å²) in [4.78, 5) is 13.6. The molecule has 4 fully saturated rings. The molecule has 4 nitrogen and oxygen atoms in total. The Morgan fingerprint density at radius 1 is 0.930 bits per heavy atom. The van der Waals surface area contributed by atoms with E-state index in [0.29, 0.717) is 29.7 Å². The van der Waals surface area contributed by atoms with E-state index in [9.17, 15) is 0 Å². The lowest BCUT2D eigenvalue weighted by Crippen LogP contribution is -2.56. The van der Waals surface area contributed by atoms with Crippen LogP contribution in [0.3, 0.4) is 0 Å². The number of nitrogens with zero attached hydrogens (tertiary/aromatic N) is 2. The van der Waals surface area contributed by atoms with Gasteiger partial charge < -0.3 is 9.97 Å². The minimum Gasteiger partial charge on any atom is -0.358 e. The molecule has 4 aliphatic heterocycles. The lowest BCUT2D eigenvalue weighted by Gasteiger charge is -2.53. The maximum Gasteiger partial charge on any atom is 0.0462 e. The number of rotatable bonds is 2. The number of likely N-dealkylation sites (tertiary alicyclic amines) is 1. The molecule has 10 rings (SSSR count). The molecule has 6 aliphatic rings. The number of piperidine rings is 3. The van der Waals surface area contributed by atoms with Crippen molar-refractivity contribution in [2.45, 2.75) is 83.2 Å². The summed E-state index contributed by atoms with van der Waals surface area (Å²) < 4.78 is 0. The van der Waals surface area contributed by atoms with Gasteiger partial charge in [0.15, 0.2) is 0 Å². The predicted octanol–water partition coefficient (Wildman–Crippen LogP) is 8.00. The van der Waals surface area contributed by atoms with E-state index in [1.165, 1.54) is 78.3 Å². The van der Waals surface area contributed by atoms with Gasteiger partial charge in [0.25, 0.3) is 0 Å². The molecule has 43 heavy (non-hydrogen) atoms. The second kappa shape index (κ2) is 9.84. The van der Waals surface area contributed by atoms with E-state index in [-0.39, 0.29) is 0 Å². The van der Waals surface area contributed by atoms with Crippen molar-refractivity contribution in [1.29, 1.82) is 0 Å². The van der Waals surface area contributed by atoms with Gasteiger partial charge in [-0.05, 0) is 98.6 Å². The van der Waals surface area contributed by atoms with Gasteiger partial charge in [-0.1, -0.05) is 62.2 Å². The number of hydrogen-bond donors (Lipinski definition) is 2. The second-order valence-corrected chi connectivity index (χ2v) is 15.0. The van der Waals surface area contributed by atoms with Crippen LogP contribution in [0, 0.1) is 23.7 Å². The van der Waals surface area contributed by atoms with Crippen molar-refractivity contribution in [3.8, 4) is 0 Å². The van der Waals surface area contributed by atoms with Gasteiger partial charge >= 0.3 is 0 Å². The topological polar surface area (TPSA) is 38.1 Å². The van der Waals surface area contributed by atoms with Crippen molar-refractivity contribution >= 4 is 21.8 Å². The second-order valence-electron chi connectivity index (χ2n) is 15.0. The third-order valence-electron chi connectivity index (χ3n) is 13.1. The summed E-state index contributed by atoms with van der Waals surface area (Å²) in [6, 6.07) is 17.9. The van der Waals surface area contributed by atoms with E-state index < -0.39 is 0 Å². The zero-order valence-electron chi connectivity index (χ0n) is 26.5. The zero-order chi connectivity index (χ0) is 29.0. The number of fused-ring (bicyclic) bond motifs is 9. The Labute approximate surface area is 256 Å². The van der Waals surface area contributed by atoms with E-state index in [0.717, 1.165) is 30.8 Å². The third-order valence-corrected chi connectivity index (χ3v) is 13.1. The molecule has 3 saturated heterocycles. The molecule has 0 spiro atoms. The number of aromatic amines is 2. The van der Waals surface area contributed by atoms with Gasteiger partial charge in [-0.2, -0.15) is 0 Å². The predicted molar refractivity (Wildman–Crippen MR) is 178 cm³/mol. The smallest absolute Gasteiger partial charge is 0.0462 e. The highest BCUT2D eigenvalue weighted by Gasteiger charge is 2.49. The number of hydrogen-bond acceptors (Lipinski definition) is 2. The van der Waals surface area contributed by atoms with Crippen LogP contribution in [0.2, 0.25) is 0 Å². The Morgan fingerprint density at radius 2 is 1.77 bits per heavy atom. The van der Waals surface area contributed by atoms with Crippen molar-refractivity contribution in [3.05, 3.63) is 82.2 Å². The number of H-pyrrole nitrogens is 2. The number of aromatic nitrogens is 2. The minimum absolute atomic E-state index is 0.368. The lowest BCUT2D eigenvalue weighted by atomic mass is 9.65. The van der Waals surface area contributed by atoms with Crippen LogP contribution in [-0.2, 0) is 12.8 Å². The number of nitrogens with one attached hydrogen (secondary N) is 2. The maximum absolute atomic E-state index is 4.12. The summed E-state index contributed by atoms with van der Waals surface area (Å²) in [6.45, 7) is 10.9. The molecular formula is C39H48N4. The first-order valence-corrected chi connectivity index (χ1v) is 17.4. The summed E-state index contributed by atoms with van der Waals surface area (Å²) in [5.74, 6) is 4.04. The molecule has 224 valence electrons. The van der Waals surface area contributed by atoms with Crippen LogP contribution in [0.15, 0.2) is 54.1 Å². The fourth-order valence-electron chi connectivity index (χ4n) is 11.1. The molecular weight excluding hydrogens is 524 g/mol. The molecule has 2 N–H and O–H groups in total. The monoisotopic (exact) mass is 572 g/mol. The summed E-state index contributed by atoms with van der Waals surface area (Å²) in [5.41, 5.74) is 12.0. The van der Waals surface area contributed by atoms with Crippen LogP contribution in [0.1, 0.15) is 86.4 Å². The zero-order valence-corrected chi connectivity index (χ0v) is 26.5. The molecule has 1 saturated carbocycles. The fraction of sp³-hybridized carbons (Fsp3) is 0.538. The van der Waals surface area contributed by atoms with E-state index in [4.69, 9.17) is 0 Å². The first kappa shape index (κ1) is 26.6. The Bertz CT molecular complexity index is 1740. The van der Waals surface area contributed by atoms with Gasteiger partial charge in [0.05, 0.1) is 0 Å². The van der Waals surface area contributed by atoms with Crippen LogP contribution in [0.25, 0.3) is 21.8 Å². The van der Waals surface area contributed by atoms with Gasteiger partial charge in [0.2, 0.25) is 0 Å². The van der Waals surface area contributed by atoms with E-state index in [2.05, 4.69) is 96.1 Å². The Balaban J connectivity index is 1.18. The molecule has 9 unspecified atom stereocenters. The van der Waals surface area contributed by atoms with Crippen LogP contribution in [0.5, 0.6) is 0 Å². The summed E-state index contributed by atoms with van der Waals surface area (Å²) in [7, 11) is 2.34. The lowest BCUT2D eigenvalue weighted by molar-refractivity contribution is -0.0134. The van der Waals surface area contributed by atoms with Crippen LogP contribution < -0.4 is 0 Å². The summed E-state index contributed by atoms with van der Waals surface area (Å²) in [6.07, 6.45) is 10.1. The molecule has 2 aromatic carbocycles. The molecule has 2 aromatic heterocycles. The van der Waals surface area contributed by atoms with Crippen molar-refractivity contribution in [1.82, 2.24) is 19.8 Å². The largest absolute Gasteiger partial charge is 0.358 e. The third kappa shape index (κ3) is 3.88. The van der Waals surface area contributed by atoms with Gasteiger partial charge in [0, 0.05) is 76.7 Å². The molecule has 0 radical (unpaired) electrons. The Morgan fingerprint density at radius 3 is 2.63 bits per heavy atom. The molecule has 4 heteroatoms. The highest BCUT2D eigenvalue weighted by Crippen LogP contribution is 2.52. The summed E-state index contributed by atoms with van der Waals surface area (Å²) in [5, 5.41) is 2.91. The quantitative estimate of drug-likeness (QED) is 0.239. The molecule has 4 aromatic rings. The van der Waals surface area contributed by atoms with E-state index >= 15 is 0 Å². The average Bonchev–Trinajstić information content (AvgIpc) is 3.55. The molecule has 6 heterocycles. The molecule has 0 amide bonds. The van der Waals surface area contributed by atoms with Gasteiger partial charge in [-0.3, -0.25) is 9.80 Å². The maximum atomic E-state index is 4.12. The van der Waals surface area contributed by atoms with E-state index in [1.807, 2.05) is 0 Å². The SMILES string of the molecule is CC=C1CN(C)C2Cc3c([nH]c4ccccc34)C(c3ccc4c5c([nH]c4c3)C3CC4CC(CC)C3N(CC5)C4)CC1C2C. The van der Waals surface area contributed by atoms with Crippen LogP contribution in [0.4, 0.5) is 0 Å². The van der Waals surface area contributed by atoms with Crippen molar-refractivity contribution in [2.24, 2.45) is 23.7 Å². The Hall–Kier alpha value is -2.82. The average molecular weight is 573 g/mol. The number of allylic oxidation sites excluding steroid dienone is 1.